The molecule has 2 fully saturated rings. The summed E-state index contributed by atoms with van der Waals surface area (Å²) in [6.45, 7) is 5.09. The molecule has 3 aliphatic rings. The van der Waals surface area contributed by atoms with Gasteiger partial charge in [-0.25, -0.2) is 0 Å². The summed E-state index contributed by atoms with van der Waals surface area (Å²) in [6.07, 6.45) is 14.3. The lowest BCUT2D eigenvalue weighted by molar-refractivity contribution is 0.253. The molecular weight excluding hydrogens is 336 g/mol. The maximum atomic E-state index is 6.06. The Morgan fingerprint density at radius 1 is 0.926 bits per heavy atom. The lowest BCUT2D eigenvalue weighted by Gasteiger charge is -2.35. The molecule has 1 aliphatic heterocycles. The molecule has 27 heavy (non-hydrogen) atoms. The lowest BCUT2D eigenvalue weighted by Crippen LogP contribution is -2.45. The second-order valence-electron chi connectivity index (χ2n) is 8.75. The Hall–Kier alpha value is -1.36. The summed E-state index contributed by atoms with van der Waals surface area (Å²) in [5.41, 5.74) is 2.63. The van der Waals surface area contributed by atoms with Crippen LogP contribution in [-0.2, 0) is 12.8 Å². The van der Waals surface area contributed by atoms with Gasteiger partial charge in [-0.05, 0) is 51.5 Å². The van der Waals surface area contributed by atoms with Crippen molar-refractivity contribution < 1.29 is 4.74 Å². The second kappa shape index (κ2) is 9.22. The minimum atomic E-state index is 0.619. The van der Waals surface area contributed by atoms with Gasteiger partial charge in [0, 0.05) is 31.7 Å². The number of hydrogen-bond acceptors (Lipinski definition) is 5. The zero-order valence-corrected chi connectivity index (χ0v) is 17.1. The van der Waals surface area contributed by atoms with E-state index in [1.54, 1.807) is 0 Å². The van der Waals surface area contributed by atoms with Crippen LogP contribution in [-0.4, -0.2) is 54.7 Å². The van der Waals surface area contributed by atoms with Gasteiger partial charge in [0.2, 0.25) is 0 Å². The molecule has 0 N–H and O–H groups in total. The van der Waals surface area contributed by atoms with E-state index in [2.05, 4.69) is 16.8 Å². The normalized spacial score (nSPS) is 21.9. The topological polar surface area (TPSA) is 41.5 Å². The van der Waals surface area contributed by atoms with Gasteiger partial charge in [-0.2, -0.15) is 9.97 Å². The smallest absolute Gasteiger partial charge is 0.318 e. The highest BCUT2D eigenvalue weighted by molar-refractivity contribution is 5.51. The number of nitrogens with zero attached hydrogens (tertiary/aromatic N) is 4. The van der Waals surface area contributed by atoms with E-state index >= 15 is 0 Å². The second-order valence-corrected chi connectivity index (χ2v) is 8.75. The molecule has 0 atom stereocenters. The van der Waals surface area contributed by atoms with Crippen molar-refractivity contribution in [3.8, 4) is 6.01 Å². The van der Waals surface area contributed by atoms with Crippen LogP contribution in [0.15, 0.2) is 0 Å². The number of hydrogen-bond donors (Lipinski definition) is 0. The van der Waals surface area contributed by atoms with Crippen LogP contribution in [0.5, 0.6) is 6.01 Å². The van der Waals surface area contributed by atoms with Crippen LogP contribution in [0, 0.1) is 5.92 Å². The number of likely N-dealkylation sites (N-methyl/N-ethyl adjacent to an activating group) is 1. The molecule has 5 nitrogen and oxygen atoms in total. The van der Waals surface area contributed by atoms with Crippen LogP contribution in [0.3, 0.4) is 0 Å². The summed E-state index contributed by atoms with van der Waals surface area (Å²) in [4.78, 5) is 14.5. The van der Waals surface area contributed by atoms with Gasteiger partial charge in [0.05, 0.1) is 12.3 Å². The SMILES string of the molecule is CN1CCN(c2nc(OCCCC3CCCCC3)nc3c2CCCC3)CC1. The van der Waals surface area contributed by atoms with Crippen molar-refractivity contribution in [2.75, 3.05) is 44.7 Å². The Balaban J connectivity index is 1.39. The molecule has 1 saturated heterocycles. The van der Waals surface area contributed by atoms with E-state index in [1.165, 1.54) is 62.6 Å². The third-order valence-electron chi connectivity index (χ3n) is 6.66. The molecule has 0 bridgehead atoms. The first-order valence-electron chi connectivity index (χ1n) is 11.3. The van der Waals surface area contributed by atoms with Gasteiger partial charge in [-0.1, -0.05) is 32.1 Å². The zero-order chi connectivity index (χ0) is 18.5. The Bertz CT molecular complexity index is 607. The molecule has 2 heterocycles. The molecule has 0 amide bonds. The first-order valence-corrected chi connectivity index (χ1v) is 11.3. The van der Waals surface area contributed by atoms with Gasteiger partial charge >= 0.3 is 6.01 Å². The standard InChI is InChI=1S/C22H36N4O/c1-25-13-15-26(16-14-25)21-19-11-5-6-12-20(19)23-22(24-21)27-17-7-10-18-8-3-2-4-9-18/h18H,2-17H2,1H3. The lowest BCUT2D eigenvalue weighted by atomic mass is 9.86. The molecule has 5 heteroatoms. The fourth-order valence-corrected chi connectivity index (χ4v) is 4.91. The summed E-state index contributed by atoms with van der Waals surface area (Å²) in [5.74, 6) is 2.09. The van der Waals surface area contributed by atoms with Crippen LogP contribution in [0.4, 0.5) is 5.82 Å². The monoisotopic (exact) mass is 372 g/mol. The molecule has 0 spiro atoms. The Morgan fingerprint density at radius 3 is 2.52 bits per heavy atom. The molecule has 1 aromatic rings. The zero-order valence-electron chi connectivity index (χ0n) is 17.1. The molecule has 2 aliphatic carbocycles. The number of aromatic nitrogens is 2. The Labute approximate surface area is 164 Å². The van der Waals surface area contributed by atoms with Gasteiger partial charge in [0.15, 0.2) is 0 Å². The van der Waals surface area contributed by atoms with Crippen LogP contribution in [0.25, 0.3) is 0 Å². The third kappa shape index (κ3) is 4.92. The van der Waals surface area contributed by atoms with Gasteiger partial charge in [-0.3, -0.25) is 0 Å². The molecule has 150 valence electrons. The van der Waals surface area contributed by atoms with E-state index in [9.17, 15) is 0 Å². The number of rotatable bonds is 6. The van der Waals surface area contributed by atoms with Gasteiger partial charge in [-0.15, -0.1) is 0 Å². The molecule has 1 saturated carbocycles. The Kier molecular flexibility index (Phi) is 6.48. The predicted molar refractivity (Wildman–Crippen MR) is 110 cm³/mol. The highest BCUT2D eigenvalue weighted by Crippen LogP contribution is 2.31. The molecular formula is C22H36N4O. The average molecular weight is 373 g/mol. The van der Waals surface area contributed by atoms with Crippen molar-refractivity contribution in [1.82, 2.24) is 14.9 Å². The third-order valence-corrected chi connectivity index (χ3v) is 6.66. The summed E-state index contributed by atoms with van der Waals surface area (Å²) in [5, 5.41) is 0. The fraction of sp³-hybridized carbons (Fsp3) is 0.818. The van der Waals surface area contributed by atoms with E-state index in [0.717, 1.165) is 63.8 Å². The maximum Gasteiger partial charge on any atom is 0.318 e. The number of anilines is 1. The van der Waals surface area contributed by atoms with E-state index in [-0.39, 0.29) is 0 Å². The fourth-order valence-electron chi connectivity index (χ4n) is 4.91. The molecule has 0 radical (unpaired) electrons. The van der Waals surface area contributed by atoms with Crippen molar-refractivity contribution in [1.29, 1.82) is 0 Å². The van der Waals surface area contributed by atoms with Crippen molar-refractivity contribution in [2.24, 2.45) is 5.92 Å². The van der Waals surface area contributed by atoms with Gasteiger partial charge < -0.3 is 14.5 Å². The van der Waals surface area contributed by atoms with Gasteiger partial charge in [0.25, 0.3) is 0 Å². The van der Waals surface area contributed by atoms with Crippen molar-refractivity contribution in [2.45, 2.75) is 70.6 Å². The van der Waals surface area contributed by atoms with Gasteiger partial charge in [0.1, 0.15) is 5.82 Å². The quantitative estimate of drug-likeness (QED) is 0.710. The minimum absolute atomic E-state index is 0.619. The highest BCUT2D eigenvalue weighted by Gasteiger charge is 2.24. The van der Waals surface area contributed by atoms with Crippen molar-refractivity contribution >= 4 is 5.82 Å². The first kappa shape index (κ1) is 19.0. The highest BCUT2D eigenvalue weighted by atomic mass is 16.5. The van der Waals surface area contributed by atoms with Crippen LogP contribution in [0.1, 0.15) is 69.0 Å². The largest absolute Gasteiger partial charge is 0.463 e. The van der Waals surface area contributed by atoms with E-state index in [0.29, 0.717) is 6.01 Å². The Morgan fingerprint density at radius 2 is 1.70 bits per heavy atom. The molecule has 4 rings (SSSR count). The van der Waals surface area contributed by atoms with Crippen molar-refractivity contribution in [3.63, 3.8) is 0 Å². The number of ether oxygens (including phenoxy) is 1. The summed E-state index contributed by atoms with van der Waals surface area (Å²) >= 11 is 0. The number of piperazine rings is 1. The molecule has 1 aromatic heterocycles. The summed E-state index contributed by atoms with van der Waals surface area (Å²) < 4.78 is 6.06. The first-order chi connectivity index (χ1) is 13.3. The number of fused-ring (bicyclic) bond motifs is 1. The summed E-state index contributed by atoms with van der Waals surface area (Å²) in [6, 6.07) is 0.619. The van der Waals surface area contributed by atoms with Crippen LogP contribution < -0.4 is 9.64 Å². The van der Waals surface area contributed by atoms with Crippen molar-refractivity contribution in [3.05, 3.63) is 11.3 Å². The van der Waals surface area contributed by atoms with E-state index in [4.69, 9.17) is 14.7 Å². The number of aryl methyl sites for hydroxylation is 1. The predicted octanol–water partition coefficient (Wildman–Crippen LogP) is 3.85. The van der Waals surface area contributed by atoms with Crippen LogP contribution in [0.2, 0.25) is 0 Å². The van der Waals surface area contributed by atoms with Crippen LogP contribution >= 0.6 is 0 Å². The minimum Gasteiger partial charge on any atom is -0.463 e. The molecule has 0 aromatic carbocycles. The summed E-state index contributed by atoms with van der Waals surface area (Å²) in [7, 11) is 2.20. The molecule has 0 unspecified atom stereocenters. The van der Waals surface area contributed by atoms with E-state index in [1.807, 2.05) is 0 Å². The maximum absolute atomic E-state index is 6.06. The van der Waals surface area contributed by atoms with E-state index < -0.39 is 0 Å². The average Bonchev–Trinajstić information content (AvgIpc) is 2.72.